The Labute approximate surface area is 192 Å². The van der Waals surface area contributed by atoms with Crippen LogP contribution >= 0.6 is 0 Å². The number of nitrogens with zero attached hydrogens (tertiary/aromatic N) is 2. The number of amides is 1. The Morgan fingerprint density at radius 1 is 1.12 bits per heavy atom. The number of carbonyl (C=O) groups is 2. The van der Waals surface area contributed by atoms with Crippen molar-refractivity contribution < 1.29 is 27.5 Å². The molecule has 10 heteroatoms. The molecule has 2 N–H and O–H groups in total. The zero-order chi connectivity index (χ0) is 24.3. The number of nitrogens with one attached hydrogen (secondary N) is 2. The predicted octanol–water partition coefficient (Wildman–Crippen LogP) is 4.52. The molecule has 0 atom stereocenters. The van der Waals surface area contributed by atoms with Gasteiger partial charge in [0.25, 0.3) is 5.91 Å². The van der Waals surface area contributed by atoms with Gasteiger partial charge in [-0.05, 0) is 49.2 Å². The summed E-state index contributed by atoms with van der Waals surface area (Å²) >= 11 is 0. The molecule has 0 aliphatic heterocycles. The van der Waals surface area contributed by atoms with Gasteiger partial charge in [0, 0.05) is 29.2 Å². The molecule has 0 spiro atoms. The molecule has 0 radical (unpaired) electrons. The number of H-pyrrole nitrogens is 1. The third-order valence-corrected chi connectivity index (χ3v) is 5.26. The van der Waals surface area contributed by atoms with Crippen LogP contribution in [0.5, 0.6) is 0 Å². The number of fused-ring (bicyclic) bond motifs is 1. The summed E-state index contributed by atoms with van der Waals surface area (Å²) in [7, 11) is 0. The van der Waals surface area contributed by atoms with Crippen molar-refractivity contribution in [2.75, 3.05) is 13.2 Å². The molecule has 0 aliphatic rings. The second kappa shape index (κ2) is 9.42. The summed E-state index contributed by atoms with van der Waals surface area (Å²) in [5, 5.41) is 7.63. The number of hydrogen-bond donors (Lipinski definition) is 2. The highest BCUT2D eigenvalue weighted by atomic mass is 19.4. The molecule has 0 saturated carbocycles. The predicted molar refractivity (Wildman–Crippen MR) is 119 cm³/mol. The molecular formula is C24H21F3N4O3. The Hall–Kier alpha value is -4.08. The van der Waals surface area contributed by atoms with E-state index in [1.807, 2.05) is 30.5 Å². The lowest BCUT2D eigenvalue weighted by atomic mass is 10.1. The Bertz CT molecular complexity index is 1320. The van der Waals surface area contributed by atoms with Crippen molar-refractivity contribution in [3.63, 3.8) is 0 Å². The molecule has 2 aromatic carbocycles. The van der Waals surface area contributed by atoms with Crippen LogP contribution < -0.4 is 5.32 Å². The van der Waals surface area contributed by atoms with Gasteiger partial charge in [0.2, 0.25) is 0 Å². The van der Waals surface area contributed by atoms with Gasteiger partial charge in [-0.25, -0.2) is 9.48 Å². The second-order valence-electron chi connectivity index (χ2n) is 7.45. The monoisotopic (exact) mass is 470 g/mol. The first kappa shape index (κ1) is 23.1. The summed E-state index contributed by atoms with van der Waals surface area (Å²) < 4.78 is 46.3. The van der Waals surface area contributed by atoms with E-state index in [4.69, 9.17) is 4.74 Å². The quantitative estimate of drug-likeness (QED) is 0.389. The van der Waals surface area contributed by atoms with Gasteiger partial charge in [0.1, 0.15) is 5.56 Å². The number of halogens is 3. The highest BCUT2D eigenvalue weighted by molar-refractivity contribution is 5.94. The molecule has 4 rings (SSSR count). The Morgan fingerprint density at radius 2 is 1.85 bits per heavy atom. The molecule has 2 heterocycles. The minimum absolute atomic E-state index is 0.0539. The van der Waals surface area contributed by atoms with E-state index in [-0.39, 0.29) is 23.8 Å². The van der Waals surface area contributed by atoms with Gasteiger partial charge in [0.15, 0.2) is 5.69 Å². The Kier molecular flexibility index (Phi) is 6.40. The third kappa shape index (κ3) is 4.66. The molecule has 0 unspecified atom stereocenters. The molecule has 0 bridgehead atoms. The fraction of sp³-hybridized carbons (Fsp3) is 0.208. The number of ether oxygens (including phenoxy) is 1. The van der Waals surface area contributed by atoms with Crippen molar-refractivity contribution in [2.45, 2.75) is 19.5 Å². The maximum absolute atomic E-state index is 13.7. The fourth-order valence-electron chi connectivity index (χ4n) is 3.68. The van der Waals surface area contributed by atoms with Crippen LogP contribution in [-0.4, -0.2) is 39.8 Å². The van der Waals surface area contributed by atoms with Crippen LogP contribution in [0.15, 0.2) is 60.9 Å². The average molecular weight is 470 g/mol. The first-order chi connectivity index (χ1) is 16.3. The third-order valence-electron chi connectivity index (χ3n) is 5.26. The van der Waals surface area contributed by atoms with E-state index < -0.39 is 23.4 Å². The van der Waals surface area contributed by atoms with Crippen LogP contribution in [0.2, 0.25) is 0 Å². The lowest BCUT2D eigenvalue weighted by Crippen LogP contribution is -2.25. The van der Waals surface area contributed by atoms with E-state index in [0.717, 1.165) is 22.7 Å². The maximum Gasteiger partial charge on any atom is 0.434 e. The normalized spacial score (nSPS) is 11.5. The van der Waals surface area contributed by atoms with E-state index >= 15 is 0 Å². The molecule has 0 aliphatic carbocycles. The molecule has 34 heavy (non-hydrogen) atoms. The highest BCUT2D eigenvalue weighted by Gasteiger charge is 2.41. The van der Waals surface area contributed by atoms with Gasteiger partial charge in [0.05, 0.1) is 18.5 Å². The summed E-state index contributed by atoms with van der Waals surface area (Å²) in [6.45, 7) is 1.83. The van der Waals surface area contributed by atoms with E-state index in [2.05, 4.69) is 15.4 Å². The second-order valence-corrected chi connectivity index (χ2v) is 7.45. The van der Waals surface area contributed by atoms with E-state index in [9.17, 15) is 22.8 Å². The number of carbonyl (C=O) groups excluding carboxylic acids is 2. The van der Waals surface area contributed by atoms with Crippen LogP contribution in [0, 0.1) is 0 Å². The molecule has 0 saturated heterocycles. The number of benzene rings is 2. The van der Waals surface area contributed by atoms with Crippen molar-refractivity contribution in [3.05, 3.63) is 83.3 Å². The Morgan fingerprint density at radius 3 is 2.56 bits per heavy atom. The van der Waals surface area contributed by atoms with Gasteiger partial charge in [-0.3, -0.25) is 4.79 Å². The first-order valence-electron chi connectivity index (χ1n) is 10.6. The van der Waals surface area contributed by atoms with Crippen LogP contribution in [0.4, 0.5) is 13.2 Å². The molecule has 1 amide bonds. The van der Waals surface area contributed by atoms with Crippen LogP contribution in [0.1, 0.15) is 38.9 Å². The topological polar surface area (TPSA) is 89.0 Å². The summed E-state index contributed by atoms with van der Waals surface area (Å²) in [5.74, 6) is -1.46. The minimum Gasteiger partial charge on any atom is -0.462 e. The van der Waals surface area contributed by atoms with Gasteiger partial charge >= 0.3 is 12.1 Å². The smallest absolute Gasteiger partial charge is 0.434 e. The summed E-state index contributed by atoms with van der Waals surface area (Å²) in [4.78, 5) is 27.6. The minimum atomic E-state index is -4.84. The average Bonchev–Trinajstić information content (AvgIpc) is 3.44. The molecule has 176 valence electrons. The summed E-state index contributed by atoms with van der Waals surface area (Å²) in [6, 6.07) is 13.3. The van der Waals surface area contributed by atoms with Crippen molar-refractivity contribution >= 4 is 22.8 Å². The van der Waals surface area contributed by atoms with Gasteiger partial charge in [-0.2, -0.15) is 18.3 Å². The largest absolute Gasteiger partial charge is 0.462 e. The van der Waals surface area contributed by atoms with Crippen molar-refractivity contribution in [2.24, 2.45) is 0 Å². The number of esters is 1. The molecule has 2 aromatic heterocycles. The standard InChI is InChI=1S/C24H21F3N4O3/c1-2-34-23(33)19-14-30-31(21(19)24(25,26)27)17-9-7-15(8-10-17)22(32)28-12-11-16-13-29-20-6-4-3-5-18(16)20/h3-10,13-14,29H,2,11-12H2,1H3,(H,28,32). The lowest BCUT2D eigenvalue weighted by Gasteiger charge is -2.13. The number of alkyl halides is 3. The number of rotatable bonds is 7. The number of aromatic amines is 1. The van der Waals surface area contributed by atoms with Gasteiger partial charge < -0.3 is 15.0 Å². The highest BCUT2D eigenvalue weighted by Crippen LogP contribution is 2.34. The molecule has 4 aromatic rings. The van der Waals surface area contributed by atoms with Gasteiger partial charge in [-0.15, -0.1) is 0 Å². The van der Waals surface area contributed by atoms with Crippen molar-refractivity contribution in [1.82, 2.24) is 20.1 Å². The van der Waals surface area contributed by atoms with Crippen LogP contribution in [0.3, 0.4) is 0 Å². The van der Waals surface area contributed by atoms with E-state index in [0.29, 0.717) is 17.6 Å². The Balaban J connectivity index is 1.46. The molecule has 0 fully saturated rings. The van der Waals surface area contributed by atoms with Crippen LogP contribution in [-0.2, 0) is 17.3 Å². The zero-order valence-electron chi connectivity index (χ0n) is 18.1. The number of aromatic nitrogens is 3. The molecular weight excluding hydrogens is 449 g/mol. The van der Waals surface area contributed by atoms with Crippen molar-refractivity contribution in [1.29, 1.82) is 0 Å². The van der Waals surface area contributed by atoms with Gasteiger partial charge in [-0.1, -0.05) is 18.2 Å². The van der Waals surface area contributed by atoms with Crippen molar-refractivity contribution in [3.8, 4) is 5.69 Å². The summed E-state index contributed by atoms with van der Waals surface area (Å²) in [6.07, 6.45) is -1.49. The zero-order valence-corrected chi connectivity index (χ0v) is 18.1. The molecule has 7 nitrogen and oxygen atoms in total. The maximum atomic E-state index is 13.7. The fourth-order valence-corrected chi connectivity index (χ4v) is 3.68. The first-order valence-corrected chi connectivity index (χ1v) is 10.6. The number of hydrogen-bond acceptors (Lipinski definition) is 4. The lowest BCUT2D eigenvalue weighted by molar-refractivity contribution is -0.143. The summed E-state index contributed by atoms with van der Waals surface area (Å²) in [5.41, 5.74) is 0.520. The number of para-hydroxylation sites is 1. The van der Waals surface area contributed by atoms with E-state index in [1.165, 1.54) is 31.2 Å². The van der Waals surface area contributed by atoms with Crippen LogP contribution in [0.25, 0.3) is 16.6 Å². The SMILES string of the molecule is CCOC(=O)c1cnn(-c2ccc(C(=O)NCCc3c[nH]c4ccccc34)cc2)c1C(F)(F)F. The van der Waals surface area contributed by atoms with E-state index in [1.54, 1.807) is 0 Å².